The van der Waals surface area contributed by atoms with Gasteiger partial charge < -0.3 is 9.84 Å². The van der Waals surface area contributed by atoms with Gasteiger partial charge in [0.15, 0.2) is 0 Å². The Morgan fingerprint density at radius 3 is 2.17 bits per heavy atom. The lowest BCUT2D eigenvalue weighted by atomic mass is 9.97. The molecule has 0 radical (unpaired) electrons. The van der Waals surface area contributed by atoms with Gasteiger partial charge in [0, 0.05) is 13.8 Å². The zero-order valence-electron chi connectivity index (χ0n) is 12.2. The van der Waals surface area contributed by atoms with Crippen LogP contribution in [0.1, 0.15) is 53.9 Å². The number of carboxylic acids is 1. The van der Waals surface area contributed by atoms with Crippen LogP contribution in [-0.2, 0) is 14.3 Å². The van der Waals surface area contributed by atoms with Gasteiger partial charge in [0.2, 0.25) is 0 Å². The molecule has 106 valence electrons. The van der Waals surface area contributed by atoms with Crippen LogP contribution in [0.15, 0.2) is 12.7 Å². The van der Waals surface area contributed by atoms with Gasteiger partial charge in [-0.15, -0.1) is 6.58 Å². The number of carbonyl (C=O) groups excluding carboxylic acids is 1. The van der Waals surface area contributed by atoms with E-state index in [2.05, 4.69) is 13.5 Å². The molecule has 1 atom stereocenters. The summed E-state index contributed by atoms with van der Waals surface area (Å²) in [6.07, 6.45) is 5.03. The van der Waals surface area contributed by atoms with Crippen molar-refractivity contribution in [2.24, 2.45) is 5.92 Å². The zero-order chi connectivity index (χ0) is 14.8. The van der Waals surface area contributed by atoms with E-state index in [0.29, 0.717) is 5.92 Å². The molecule has 0 aromatic rings. The fraction of sp³-hybridized carbons (Fsp3) is 0.714. The Balaban J connectivity index is 0. The average molecular weight is 258 g/mol. The van der Waals surface area contributed by atoms with Gasteiger partial charge in [-0.1, -0.05) is 13.0 Å². The highest BCUT2D eigenvalue weighted by molar-refractivity contribution is 5.66. The second-order valence-electron chi connectivity index (χ2n) is 4.98. The van der Waals surface area contributed by atoms with E-state index in [1.165, 1.54) is 6.92 Å². The summed E-state index contributed by atoms with van der Waals surface area (Å²) in [7, 11) is 0. The average Bonchev–Trinajstić information content (AvgIpc) is 2.13. The molecule has 0 aliphatic heterocycles. The Kier molecular flexibility index (Phi) is 10.2. The van der Waals surface area contributed by atoms with Crippen LogP contribution >= 0.6 is 0 Å². The molecule has 0 rings (SSSR count). The molecular formula is C14H26O4. The minimum atomic E-state index is -0.833. The molecule has 0 fully saturated rings. The first-order valence-corrected chi connectivity index (χ1v) is 6.12. The lowest BCUT2D eigenvalue weighted by molar-refractivity contribution is -0.154. The van der Waals surface area contributed by atoms with Crippen molar-refractivity contribution in [3.63, 3.8) is 0 Å². The van der Waals surface area contributed by atoms with Crippen molar-refractivity contribution < 1.29 is 19.4 Å². The number of ether oxygens (including phenoxy) is 1. The number of esters is 1. The van der Waals surface area contributed by atoms with Crippen LogP contribution in [0.5, 0.6) is 0 Å². The van der Waals surface area contributed by atoms with Crippen LogP contribution in [-0.4, -0.2) is 22.6 Å². The molecule has 18 heavy (non-hydrogen) atoms. The van der Waals surface area contributed by atoms with E-state index in [4.69, 9.17) is 14.6 Å². The second kappa shape index (κ2) is 9.68. The lowest BCUT2D eigenvalue weighted by Gasteiger charge is -2.24. The fourth-order valence-corrected chi connectivity index (χ4v) is 1.41. The number of allylic oxidation sites excluding steroid dienone is 1. The van der Waals surface area contributed by atoms with E-state index in [1.807, 2.05) is 19.9 Å². The van der Waals surface area contributed by atoms with Crippen LogP contribution in [0.4, 0.5) is 0 Å². The molecule has 0 bridgehead atoms. The Labute approximate surface area is 110 Å². The van der Waals surface area contributed by atoms with E-state index in [0.717, 1.165) is 26.2 Å². The first-order chi connectivity index (χ1) is 8.10. The fourth-order valence-electron chi connectivity index (χ4n) is 1.41. The molecule has 1 N–H and O–H groups in total. The summed E-state index contributed by atoms with van der Waals surface area (Å²) in [5.41, 5.74) is -0.327. The highest BCUT2D eigenvalue weighted by atomic mass is 16.6. The van der Waals surface area contributed by atoms with Crippen molar-refractivity contribution in [3.8, 4) is 0 Å². The van der Waals surface area contributed by atoms with Gasteiger partial charge in [-0.05, 0) is 39.0 Å². The second-order valence-corrected chi connectivity index (χ2v) is 4.98. The van der Waals surface area contributed by atoms with Gasteiger partial charge in [0.05, 0.1) is 0 Å². The molecule has 0 amide bonds. The molecule has 1 unspecified atom stereocenters. The van der Waals surface area contributed by atoms with Crippen molar-refractivity contribution in [2.45, 2.75) is 59.5 Å². The van der Waals surface area contributed by atoms with Crippen molar-refractivity contribution in [1.82, 2.24) is 0 Å². The van der Waals surface area contributed by atoms with Gasteiger partial charge in [-0.2, -0.15) is 0 Å². The van der Waals surface area contributed by atoms with E-state index < -0.39 is 5.97 Å². The minimum absolute atomic E-state index is 0.202. The van der Waals surface area contributed by atoms with E-state index in [-0.39, 0.29) is 11.6 Å². The molecule has 0 saturated heterocycles. The predicted octanol–water partition coefficient (Wildman–Crippen LogP) is 3.41. The van der Waals surface area contributed by atoms with Gasteiger partial charge in [0.1, 0.15) is 5.60 Å². The van der Waals surface area contributed by atoms with Crippen molar-refractivity contribution in [1.29, 1.82) is 0 Å². The first kappa shape index (κ1) is 19.0. The van der Waals surface area contributed by atoms with E-state index >= 15 is 0 Å². The highest BCUT2D eigenvalue weighted by Gasteiger charge is 2.20. The molecule has 4 nitrogen and oxygen atoms in total. The monoisotopic (exact) mass is 258 g/mol. The van der Waals surface area contributed by atoms with E-state index in [1.54, 1.807) is 0 Å². The lowest BCUT2D eigenvalue weighted by Crippen LogP contribution is -2.26. The highest BCUT2D eigenvalue weighted by Crippen LogP contribution is 2.20. The molecule has 0 aromatic heterocycles. The Hall–Kier alpha value is -1.32. The molecule has 0 aliphatic rings. The predicted molar refractivity (Wildman–Crippen MR) is 72.4 cm³/mol. The summed E-state index contributed by atoms with van der Waals surface area (Å²) in [6, 6.07) is 0. The Morgan fingerprint density at radius 1 is 1.39 bits per heavy atom. The molecule has 0 saturated carbocycles. The molecule has 0 aliphatic carbocycles. The SMILES string of the molecule is C=CC(C)CCCC(C)(C)OC(C)=O.CC(=O)O. The largest absolute Gasteiger partial charge is 0.481 e. The van der Waals surface area contributed by atoms with Crippen LogP contribution in [0.3, 0.4) is 0 Å². The summed E-state index contributed by atoms with van der Waals surface area (Å²) in [4.78, 5) is 19.8. The van der Waals surface area contributed by atoms with Gasteiger partial charge in [-0.25, -0.2) is 0 Å². The number of carbonyl (C=O) groups is 2. The van der Waals surface area contributed by atoms with Crippen molar-refractivity contribution >= 4 is 11.9 Å². The summed E-state index contributed by atoms with van der Waals surface area (Å²) in [5.74, 6) is -0.491. The molecular weight excluding hydrogens is 232 g/mol. The molecule has 0 heterocycles. The Morgan fingerprint density at radius 2 is 1.83 bits per heavy atom. The van der Waals surface area contributed by atoms with Gasteiger partial charge in [0.25, 0.3) is 5.97 Å². The number of aliphatic carboxylic acids is 1. The van der Waals surface area contributed by atoms with Crippen molar-refractivity contribution in [3.05, 3.63) is 12.7 Å². The number of hydrogen-bond acceptors (Lipinski definition) is 3. The standard InChI is InChI=1S/C12H22O2.C2H4O2/c1-6-10(2)8-7-9-12(4,5)14-11(3)13;1-2(3)4/h6,10H,1,7-9H2,2-5H3;1H3,(H,3,4). The van der Waals surface area contributed by atoms with Gasteiger partial charge in [-0.3, -0.25) is 9.59 Å². The number of carboxylic acid groups (broad SMARTS) is 1. The summed E-state index contributed by atoms with van der Waals surface area (Å²) < 4.78 is 5.19. The zero-order valence-corrected chi connectivity index (χ0v) is 12.2. The smallest absolute Gasteiger partial charge is 0.303 e. The summed E-state index contributed by atoms with van der Waals surface area (Å²) >= 11 is 0. The number of rotatable bonds is 6. The summed E-state index contributed by atoms with van der Waals surface area (Å²) in [5, 5.41) is 7.42. The maximum atomic E-state index is 10.8. The number of hydrogen-bond donors (Lipinski definition) is 1. The van der Waals surface area contributed by atoms with Crippen molar-refractivity contribution in [2.75, 3.05) is 0 Å². The maximum absolute atomic E-state index is 10.8. The topological polar surface area (TPSA) is 63.6 Å². The maximum Gasteiger partial charge on any atom is 0.303 e. The quantitative estimate of drug-likeness (QED) is 0.585. The van der Waals surface area contributed by atoms with E-state index in [9.17, 15) is 4.79 Å². The first-order valence-electron chi connectivity index (χ1n) is 6.12. The Bertz CT molecular complexity index is 265. The van der Waals surface area contributed by atoms with Crippen LogP contribution in [0.25, 0.3) is 0 Å². The van der Waals surface area contributed by atoms with Crippen LogP contribution < -0.4 is 0 Å². The molecule has 4 heteroatoms. The molecule has 0 aromatic carbocycles. The van der Waals surface area contributed by atoms with Crippen LogP contribution in [0, 0.1) is 5.92 Å². The third-order valence-electron chi connectivity index (χ3n) is 2.26. The normalized spacial score (nSPS) is 11.8. The third-order valence-corrected chi connectivity index (χ3v) is 2.26. The third kappa shape index (κ3) is 17.1. The van der Waals surface area contributed by atoms with Crippen LogP contribution in [0.2, 0.25) is 0 Å². The molecule has 0 spiro atoms. The minimum Gasteiger partial charge on any atom is -0.481 e. The van der Waals surface area contributed by atoms with Gasteiger partial charge >= 0.3 is 5.97 Å². The summed E-state index contributed by atoms with van der Waals surface area (Å²) in [6.45, 7) is 12.3.